The van der Waals surface area contributed by atoms with E-state index in [0.717, 1.165) is 30.8 Å². The number of nitrogens with zero attached hydrogens (tertiary/aromatic N) is 1. The molecule has 1 aromatic heterocycles. The van der Waals surface area contributed by atoms with Gasteiger partial charge in [0.05, 0.1) is 6.26 Å². The normalized spacial score (nSPS) is 23.8. The highest BCUT2D eigenvalue weighted by molar-refractivity contribution is 6.31. The minimum atomic E-state index is 0.0612. The van der Waals surface area contributed by atoms with E-state index < -0.39 is 0 Å². The van der Waals surface area contributed by atoms with Crippen molar-refractivity contribution in [2.45, 2.75) is 18.8 Å². The maximum atomic E-state index is 12.6. The van der Waals surface area contributed by atoms with E-state index >= 15 is 0 Å². The van der Waals surface area contributed by atoms with E-state index in [2.05, 4.69) is 0 Å². The molecule has 1 amide bonds. The number of halogens is 1. The SMILES string of the molecule is O=C(C1CC1c1ccco1)N1CCc2ccc(Cl)cc21. The third kappa shape index (κ3) is 1.85. The van der Waals surface area contributed by atoms with Crippen LogP contribution in [0.4, 0.5) is 5.69 Å². The Bertz CT molecular complexity index is 665. The van der Waals surface area contributed by atoms with Gasteiger partial charge in [0.15, 0.2) is 0 Å². The molecule has 1 aliphatic carbocycles. The van der Waals surface area contributed by atoms with Gasteiger partial charge in [0.2, 0.25) is 5.91 Å². The van der Waals surface area contributed by atoms with Crippen LogP contribution >= 0.6 is 11.6 Å². The first-order chi connectivity index (χ1) is 9.74. The molecule has 20 heavy (non-hydrogen) atoms. The smallest absolute Gasteiger partial charge is 0.230 e. The summed E-state index contributed by atoms with van der Waals surface area (Å²) < 4.78 is 5.40. The second-order valence-electron chi connectivity index (χ2n) is 5.48. The molecule has 1 saturated carbocycles. The number of carbonyl (C=O) groups excluding carboxylic acids is 1. The lowest BCUT2D eigenvalue weighted by Crippen LogP contribution is -2.30. The molecule has 0 radical (unpaired) electrons. The minimum Gasteiger partial charge on any atom is -0.469 e. The lowest BCUT2D eigenvalue weighted by molar-refractivity contribution is -0.119. The first kappa shape index (κ1) is 12.0. The van der Waals surface area contributed by atoms with Gasteiger partial charge in [-0.1, -0.05) is 17.7 Å². The Morgan fingerprint density at radius 3 is 3.05 bits per heavy atom. The van der Waals surface area contributed by atoms with Crippen LogP contribution in [0.2, 0.25) is 5.02 Å². The molecule has 4 rings (SSSR count). The second-order valence-corrected chi connectivity index (χ2v) is 5.91. The van der Waals surface area contributed by atoms with E-state index in [1.165, 1.54) is 5.56 Å². The average Bonchev–Trinajstić information content (AvgIpc) is 2.88. The number of hydrogen-bond donors (Lipinski definition) is 0. The fourth-order valence-corrected chi connectivity index (χ4v) is 3.23. The Hall–Kier alpha value is -1.74. The van der Waals surface area contributed by atoms with Crippen LogP contribution in [0.1, 0.15) is 23.7 Å². The van der Waals surface area contributed by atoms with E-state index in [0.29, 0.717) is 5.02 Å². The molecular weight excluding hydrogens is 274 g/mol. The van der Waals surface area contributed by atoms with Crippen molar-refractivity contribution in [3.8, 4) is 0 Å². The first-order valence-corrected chi connectivity index (χ1v) is 7.25. The molecule has 2 atom stereocenters. The van der Waals surface area contributed by atoms with E-state index in [1.54, 1.807) is 6.26 Å². The molecule has 2 unspecified atom stereocenters. The van der Waals surface area contributed by atoms with Gasteiger partial charge in [0, 0.05) is 29.1 Å². The topological polar surface area (TPSA) is 33.5 Å². The van der Waals surface area contributed by atoms with Crippen molar-refractivity contribution in [1.82, 2.24) is 0 Å². The van der Waals surface area contributed by atoms with Crippen molar-refractivity contribution in [3.63, 3.8) is 0 Å². The Morgan fingerprint density at radius 2 is 2.25 bits per heavy atom. The van der Waals surface area contributed by atoms with Gasteiger partial charge in [-0.3, -0.25) is 4.79 Å². The van der Waals surface area contributed by atoms with Crippen molar-refractivity contribution in [2.75, 3.05) is 11.4 Å². The predicted octanol–water partition coefficient (Wildman–Crippen LogP) is 3.63. The monoisotopic (exact) mass is 287 g/mol. The summed E-state index contributed by atoms with van der Waals surface area (Å²) in [4.78, 5) is 14.5. The van der Waals surface area contributed by atoms with Crippen LogP contribution in [0, 0.1) is 5.92 Å². The van der Waals surface area contributed by atoms with Gasteiger partial charge in [-0.15, -0.1) is 0 Å². The fraction of sp³-hybridized carbons (Fsp3) is 0.312. The van der Waals surface area contributed by atoms with E-state index in [-0.39, 0.29) is 17.7 Å². The predicted molar refractivity (Wildman–Crippen MR) is 77.1 cm³/mol. The summed E-state index contributed by atoms with van der Waals surface area (Å²) in [6.07, 6.45) is 3.47. The molecule has 0 N–H and O–H groups in total. The van der Waals surface area contributed by atoms with E-state index in [1.807, 2.05) is 35.2 Å². The minimum absolute atomic E-state index is 0.0612. The molecule has 3 nitrogen and oxygen atoms in total. The summed E-state index contributed by atoms with van der Waals surface area (Å²) >= 11 is 6.05. The number of furan rings is 1. The van der Waals surface area contributed by atoms with Gasteiger partial charge in [-0.2, -0.15) is 0 Å². The maximum absolute atomic E-state index is 12.6. The standard InChI is InChI=1S/C16H14ClNO2/c17-11-4-3-10-5-6-18(14(10)8-11)16(19)13-9-12(13)15-2-1-7-20-15/h1-4,7-8,12-13H,5-6,9H2. The van der Waals surface area contributed by atoms with Crippen molar-refractivity contribution in [3.05, 3.63) is 52.9 Å². The zero-order valence-corrected chi connectivity index (χ0v) is 11.6. The van der Waals surface area contributed by atoms with Crippen LogP contribution in [-0.2, 0) is 11.2 Å². The molecule has 0 saturated heterocycles. The van der Waals surface area contributed by atoms with Crippen molar-refractivity contribution < 1.29 is 9.21 Å². The number of carbonyl (C=O) groups is 1. The van der Waals surface area contributed by atoms with E-state index in [4.69, 9.17) is 16.0 Å². The number of amides is 1. The summed E-state index contributed by atoms with van der Waals surface area (Å²) in [6, 6.07) is 9.62. The molecule has 0 bridgehead atoms. The van der Waals surface area contributed by atoms with Crippen LogP contribution in [-0.4, -0.2) is 12.5 Å². The Balaban J connectivity index is 1.56. The zero-order valence-electron chi connectivity index (χ0n) is 10.9. The summed E-state index contributed by atoms with van der Waals surface area (Å²) in [5.41, 5.74) is 2.19. The highest BCUT2D eigenvalue weighted by Crippen LogP contribution is 2.49. The Morgan fingerprint density at radius 1 is 1.35 bits per heavy atom. The highest BCUT2D eigenvalue weighted by atomic mass is 35.5. The molecule has 2 aromatic rings. The Labute approximate surface area is 122 Å². The molecule has 102 valence electrons. The summed E-state index contributed by atoms with van der Waals surface area (Å²) in [7, 11) is 0. The highest BCUT2D eigenvalue weighted by Gasteiger charge is 2.48. The first-order valence-electron chi connectivity index (χ1n) is 6.87. The second kappa shape index (κ2) is 4.38. The molecule has 2 heterocycles. The number of rotatable bonds is 2. The summed E-state index contributed by atoms with van der Waals surface area (Å²) in [6.45, 7) is 0.760. The fourth-order valence-electron chi connectivity index (χ4n) is 3.07. The average molecular weight is 288 g/mol. The van der Waals surface area contributed by atoms with Crippen molar-refractivity contribution in [2.24, 2.45) is 5.92 Å². The van der Waals surface area contributed by atoms with Crippen LogP contribution < -0.4 is 4.90 Å². The number of hydrogen-bond acceptors (Lipinski definition) is 2. The van der Waals surface area contributed by atoms with Gasteiger partial charge in [-0.05, 0) is 42.7 Å². The molecule has 1 aromatic carbocycles. The van der Waals surface area contributed by atoms with Crippen LogP contribution in [0.25, 0.3) is 0 Å². The quantitative estimate of drug-likeness (QED) is 0.845. The van der Waals surface area contributed by atoms with Gasteiger partial charge >= 0.3 is 0 Å². The largest absolute Gasteiger partial charge is 0.469 e. The molecule has 0 spiro atoms. The summed E-state index contributed by atoms with van der Waals surface area (Å²) in [5, 5.41) is 0.682. The number of anilines is 1. The lowest BCUT2D eigenvalue weighted by atomic mass is 10.2. The van der Waals surface area contributed by atoms with Crippen molar-refractivity contribution in [1.29, 1.82) is 0 Å². The van der Waals surface area contributed by atoms with Gasteiger partial charge in [-0.25, -0.2) is 0 Å². The molecule has 1 fully saturated rings. The number of benzene rings is 1. The van der Waals surface area contributed by atoms with Crippen molar-refractivity contribution >= 4 is 23.2 Å². The summed E-state index contributed by atoms with van der Waals surface area (Å²) in [5.74, 6) is 1.44. The molecule has 2 aliphatic rings. The molecule has 4 heteroatoms. The zero-order chi connectivity index (χ0) is 13.7. The van der Waals surface area contributed by atoms with Gasteiger partial charge < -0.3 is 9.32 Å². The molecular formula is C16H14ClNO2. The third-order valence-electron chi connectivity index (χ3n) is 4.23. The maximum Gasteiger partial charge on any atom is 0.230 e. The lowest BCUT2D eigenvalue weighted by Gasteiger charge is -2.17. The van der Waals surface area contributed by atoms with Crippen LogP contribution in [0.5, 0.6) is 0 Å². The number of fused-ring (bicyclic) bond motifs is 1. The van der Waals surface area contributed by atoms with E-state index in [9.17, 15) is 4.79 Å². The van der Waals surface area contributed by atoms with Gasteiger partial charge in [0.1, 0.15) is 5.76 Å². The third-order valence-corrected chi connectivity index (χ3v) is 4.46. The van der Waals surface area contributed by atoms with Crippen LogP contribution in [0.3, 0.4) is 0 Å². The molecule has 1 aliphatic heterocycles. The van der Waals surface area contributed by atoms with Crippen LogP contribution in [0.15, 0.2) is 41.0 Å². The Kier molecular flexibility index (Phi) is 2.64. The van der Waals surface area contributed by atoms with Gasteiger partial charge in [0.25, 0.3) is 0 Å².